The lowest BCUT2D eigenvalue weighted by Gasteiger charge is -2.21. The molecular weight excluding hydrogens is 449 g/mol. The zero-order valence-corrected chi connectivity index (χ0v) is 18.6. The van der Waals surface area contributed by atoms with E-state index in [1.165, 1.54) is 26.2 Å². The van der Waals surface area contributed by atoms with E-state index in [4.69, 9.17) is 55.4 Å². The highest BCUT2D eigenvalue weighted by Gasteiger charge is 2.20. The third kappa shape index (κ3) is 4.21. The SMILES string of the molecule is COc1cc2nccc(Oc3c(Cl)cc(N(C(C)=O)C(N)=S)cc3Cl)c2cc1OC. The van der Waals surface area contributed by atoms with Gasteiger partial charge in [-0.05, 0) is 36.5 Å². The number of benzene rings is 2. The number of rotatable bonds is 5. The zero-order valence-electron chi connectivity index (χ0n) is 16.2. The molecule has 156 valence electrons. The van der Waals surface area contributed by atoms with Gasteiger partial charge in [0.05, 0.1) is 35.5 Å². The first-order valence-electron chi connectivity index (χ1n) is 8.54. The minimum atomic E-state index is -0.371. The molecule has 0 aliphatic rings. The van der Waals surface area contributed by atoms with Crippen LogP contribution in [0.4, 0.5) is 5.69 Å². The Morgan fingerprint density at radius 2 is 1.67 bits per heavy atom. The van der Waals surface area contributed by atoms with Gasteiger partial charge in [-0.25, -0.2) is 0 Å². The largest absolute Gasteiger partial charge is 0.493 e. The summed E-state index contributed by atoms with van der Waals surface area (Å²) < 4.78 is 16.7. The van der Waals surface area contributed by atoms with Gasteiger partial charge >= 0.3 is 0 Å². The molecule has 10 heteroatoms. The Morgan fingerprint density at radius 1 is 1.07 bits per heavy atom. The van der Waals surface area contributed by atoms with Crippen LogP contribution in [0, 0.1) is 0 Å². The Labute approximate surface area is 188 Å². The van der Waals surface area contributed by atoms with Crippen LogP contribution in [0.5, 0.6) is 23.0 Å². The normalized spacial score (nSPS) is 10.6. The molecule has 1 amide bonds. The Morgan fingerprint density at radius 3 is 2.20 bits per heavy atom. The molecule has 0 atom stereocenters. The summed E-state index contributed by atoms with van der Waals surface area (Å²) in [5, 5.41) is 0.889. The van der Waals surface area contributed by atoms with Gasteiger partial charge < -0.3 is 19.9 Å². The fraction of sp³-hybridized carbons (Fsp3) is 0.150. The maximum atomic E-state index is 11.9. The van der Waals surface area contributed by atoms with Crippen LogP contribution in [0.15, 0.2) is 36.5 Å². The Kier molecular flexibility index (Phi) is 6.50. The number of halogens is 2. The number of nitrogens with zero attached hydrogens (tertiary/aromatic N) is 2. The molecular formula is C20H17Cl2N3O4S. The zero-order chi connectivity index (χ0) is 22.0. The van der Waals surface area contributed by atoms with Gasteiger partial charge in [-0.1, -0.05) is 23.2 Å². The molecule has 0 unspecified atom stereocenters. The first-order chi connectivity index (χ1) is 14.3. The number of amides is 1. The predicted octanol–water partition coefficient (Wildman–Crippen LogP) is 4.95. The average Bonchev–Trinajstić information content (AvgIpc) is 2.69. The third-order valence-electron chi connectivity index (χ3n) is 4.20. The van der Waals surface area contributed by atoms with Crippen molar-refractivity contribution in [2.45, 2.75) is 6.92 Å². The number of nitrogens with two attached hydrogens (primary N) is 1. The monoisotopic (exact) mass is 465 g/mol. The molecule has 2 aromatic carbocycles. The minimum Gasteiger partial charge on any atom is -0.493 e. The van der Waals surface area contributed by atoms with Crippen molar-refractivity contribution in [1.82, 2.24) is 4.98 Å². The second-order valence-corrected chi connectivity index (χ2v) is 7.30. The molecule has 1 heterocycles. The molecule has 0 radical (unpaired) electrons. The number of fused-ring (bicyclic) bond motifs is 1. The fourth-order valence-corrected chi connectivity index (χ4v) is 3.67. The highest BCUT2D eigenvalue weighted by Crippen LogP contribution is 2.42. The van der Waals surface area contributed by atoms with Gasteiger partial charge in [-0.3, -0.25) is 14.7 Å². The van der Waals surface area contributed by atoms with E-state index in [0.29, 0.717) is 33.8 Å². The number of methoxy groups -OCH3 is 2. The average molecular weight is 466 g/mol. The Hall–Kier alpha value is -2.81. The summed E-state index contributed by atoms with van der Waals surface area (Å²) in [7, 11) is 3.08. The van der Waals surface area contributed by atoms with Crippen LogP contribution in [0.1, 0.15) is 6.92 Å². The number of carbonyl (C=O) groups excluding carboxylic acids is 1. The lowest BCUT2D eigenvalue weighted by molar-refractivity contribution is -0.115. The molecule has 7 nitrogen and oxygen atoms in total. The van der Waals surface area contributed by atoms with Crippen molar-refractivity contribution in [2.24, 2.45) is 5.73 Å². The summed E-state index contributed by atoms with van der Waals surface area (Å²) in [6.07, 6.45) is 1.59. The van der Waals surface area contributed by atoms with Gasteiger partial charge in [0.15, 0.2) is 22.4 Å². The van der Waals surface area contributed by atoms with Gasteiger partial charge in [-0.15, -0.1) is 0 Å². The van der Waals surface area contributed by atoms with E-state index >= 15 is 0 Å². The van der Waals surface area contributed by atoms with Crippen molar-refractivity contribution >= 4 is 63.0 Å². The summed E-state index contributed by atoms with van der Waals surface area (Å²) in [6.45, 7) is 1.33. The fourth-order valence-electron chi connectivity index (χ4n) is 2.88. The van der Waals surface area contributed by atoms with E-state index in [9.17, 15) is 4.79 Å². The van der Waals surface area contributed by atoms with E-state index in [1.54, 1.807) is 31.5 Å². The molecule has 0 fully saturated rings. The van der Waals surface area contributed by atoms with E-state index < -0.39 is 0 Å². The number of carbonyl (C=O) groups is 1. The molecule has 3 aromatic rings. The number of aromatic nitrogens is 1. The number of hydrogen-bond donors (Lipinski definition) is 1. The van der Waals surface area contributed by atoms with Crippen molar-refractivity contribution in [3.05, 3.63) is 46.6 Å². The number of anilines is 1. The molecule has 0 aliphatic heterocycles. The van der Waals surface area contributed by atoms with Gasteiger partial charge in [0.2, 0.25) is 5.91 Å². The molecule has 0 bridgehead atoms. The van der Waals surface area contributed by atoms with E-state index in [1.807, 2.05) is 0 Å². The second kappa shape index (κ2) is 8.91. The highest BCUT2D eigenvalue weighted by atomic mass is 35.5. The smallest absolute Gasteiger partial charge is 0.230 e. The van der Waals surface area contributed by atoms with Crippen molar-refractivity contribution < 1.29 is 19.0 Å². The van der Waals surface area contributed by atoms with Gasteiger partial charge in [0, 0.05) is 24.6 Å². The molecule has 0 spiro atoms. The topological polar surface area (TPSA) is 86.9 Å². The van der Waals surface area contributed by atoms with Crippen molar-refractivity contribution in [3.63, 3.8) is 0 Å². The van der Waals surface area contributed by atoms with Crippen molar-refractivity contribution in [1.29, 1.82) is 0 Å². The maximum absolute atomic E-state index is 11.9. The molecule has 2 N–H and O–H groups in total. The van der Waals surface area contributed by atoms with Crippen LogP contribution in [-0.4, -0.2) is 30.2 Å². The van der Waals surface area contributed by atoms with Gasteiger partial charge in [0.1, 0.15) is 5.75 Å². The molecule has 1 aromatic heterocycles. The number of ether oxygens (including phenoxy) is 3. The summed E-state index contributed by atoms with van der Waals surface area (Å²) >= 11 is 17.7. The number of thiocarbonyl (C=S) groups is 1. The second-order valence-electron chi connectivity index (χ2n) is 6.07. The molecule has 30 heavy (non-hydrogen) atoms. The highest BCUT2D eigenvalue weighted by molar-refractivity contribution is 7.80. The lowest BCUT2D eigenvalue weighted by atomic mass is 10.2. The molecule has 0 saturated heterocycles. The van der Waals surface area contributed by atoms with Gasteiger partial charge in [-0.2, -0.15) is 0 Å². The van der Waals surface area contributed by atoms with Crippen molar-refractivity contribution in [2.75, 3.05) is 19.1 Å². The minimum absolute atomic E-state index is 0.121. The van der Waals surface area contributed by atoms with Crippen LogP contribution < -0.4 is 24.8 Å². The van der Waals surface area contributed by atoms with E-state index in [0.717, 1.165) is 4.90 Å². The summed E-state index contributed by atoms with van der Waals surface area (Å²) in [4.78, 5) is 17.3. The third-order valence-corrected chi connectivity index (χ3v) is 4.94. The molecule has 3 rings (SSSR count). The van der Waals surface area contributed by atoms with Crippen LogP contribution in [0.3, 0.4) is 0 Å². The summed E-state index contributed by atoms with van der Waals surface area (Å²) in [5.41, 5.74) is 6.60. The van der Waals surface area contributed by atoms with Crippen LogP contribution >= 0.6 is 35.4 Å². The Bertz CT molecular complexity index is 1120. The van der Waals surface area contributed by atoms with Crippen LogP contribution in [0.25, 0.3) is 10.9 Å². The maximum Gasteiger partial charge on any atom is 0.230 e. The Balaban J connectivity index is 2.07. The van der Waals surface area contributed by atoms with Crippen molar-refractivity contribution in [3.8, 4) is 23.0 Å². The first-order valence-corrected chi connectivity index (χ1v) is 9.71. The lowest BCUT2D eigenvalue weighted by Crippen LogP contribution is -2.39. The number of hydrogen-bond acceptors (Lipinski definition) is 6. The van der Waals surface area contributed by atoms with E-state index in [2.05, 4.69) is 4.98 Å². The standard InChI is InChI=1S/C20H17Cl2N3O4S/c1-10(26)25(20(23)30)11-6-13(21)19(14(22)7-11)29-16-4-5-24-15-9-18(28-3)17(27-2)8-12(15)16/h4-9H,1-3H3,(H2,23,30). The van der Waals surface area contributed by atoms with E-state index in [-0.39, 0.29) is 26.8 Å². The predicted molar refractivity (Wildman–Crippen MR) is 121 cm³/mol. The van der Waals surface area contributed by atoms with Gasteiger partial charge in [0.25, 0.3) is 0 Å². The van der Waals surface area contributed by atoms with Crippen LogP contribution in [0.2, 0.25) is 10.0 Å². The van der Waals surface area contributed by atoms with Crippen LogP contribution in [-0.2, 0) is 4.79 Å². The summed E-state index contributed by atoms with van der Waals surface area (Å²) in [6, 6.07) is 8.15. The summed E-state index contributed by atoms with van der Waals surface area (Å²) in [5.74, 6) is 1.34. The molecule has 0 saturated carbocycles. The molecule has 0 aliphatic carbocycles. The first kappa shape index (κ1) is 21.9. The quantitative estimate of drug-likeness (QED) is 0.533. The number of pyridine rings is 1.